The number of carbonyl (C=O) groups is 2. The number of hydrogen-bond acceptors (Lipinski definition) is 4. The van der Waals surface area contributed by atoms with Crippen molar-refractivity contribution in [3.05, 3.63) is 54.1 Å². The zero-order valence-corrected chi connectivity index (χ0v) is 17.2. The lowest BCUT2D eigenvalue weighted by atomic mass is 9.96. The second kappa shape index (κ2) is 9.20. The van der Waals surface area contributed by atoms with Gasteiger partial charge in [-0.1, -0.05) is 0 Å². The Kier molecular flexibility index (Phi) is 6.21. The molecule has 0 spiro atoms. The minimum atomic E-state index is -0.203. The number of ether oxygens (including phenoxy) is 1. The molecule has 6 nitrogen and oxygen atoms in total. The third-order valence-electron chi connectivity index (χ3n) is 6.11. The molecule has 3 N–H and O–H groups in total. The van der Waals surface area contributed by atoms with E-state index in [1.165, 1.54) is 12.8 Å². The first-order chi connectivity index (χ1) is 14.6. The van der Waals surface area contributed by atoms with Crippen LogP contribution in [0, 0.1) is 5.92 Å². The molecule has 1 aliphatic carbocycles. The number of piperidine rings is 1. The van der Waals surface area contributed by atoms with Crippen molar-refractivity contribution in [3.8, 4) is 5.75 Å². The highest BCUT2D eigenvalue weighted by molar-refractivity contribution is 6.04. The van der Waals surface area contributed by atoms with Gasteiger partial charge < -0.3 is 20.7 Å². The minimum Gasteiger partial charge on any atom is -0.490 e. The van der Waals surface area contributed by atoms with Gasteiger partial charge in [-0.15, -0.1) is 0 Å². The molecular weight excluding hydrogens is 378 g/mol. The highest BCUT2D eigenvalue weighted by Crippen LogP contribution is 2.26. The molecule has 0 radical (unpaired) electrons. The van der Waals surface area contributed by atoms with Crippen LogP contribution in [0.3, 0.4) is 0 Å². The molecule has 1 aliphatic heterocycles. The maximum absolute atomic E-state index is 12.6. The highest BCUT2D eigenvalue weighted by Gasteiger charge is 2.23. The van der Waals surface area contributed by atoms with E-state index in [1.54, 1.807) is 12.1 Å². The third kappa shape index (κ3) is 4.93. The summed E-state index contributed by atoms with van der Waals surface area (Å²) in [7, 11) is 0. The summed E-state index contributed by atoms with van der Waals surface area (Å²) in [5.74, 6) is 0.459. The summed E-state index contributed by atoms with van der Waals surface area (Å²) >= 11 is 0. The van der Waals surface area contributed by atoms with E-state index in [1.807, 2.05) is 36.4 Å². The second-order valence-corrected chi connectivity index (χ2v) is 8.21. The van der Waals surface area contributed by atoms with Crippen LogP contribution in [0.1, 0.15) is 48.9 Å². The van der Waals surface area contributed by atoms with Crippen LogP contribution in [0.2, 0.25) is 0 Å². The number of nitrogens with zero attached hydrogens (tertiary/aromatic N) is 1. The van der Waals surface area contributed by atoms with Crippen molar-refractivity contribution >= 4 is 23.2 Å². The number of primary amides is 1. The summed E-state index contributed by atoms with van der Waals surface area (Å²) in [4.78, 5) is 26.1. The maximum atomic E-state index is 12.6. The molecule has 0 atom stereocenters. The lowest BCUT2D eigenvalue weighted by molar-refractivity contribution is -0.122. The van der Waals surface area contributed by atoms with Gasteiger partial charge in [-0.3, -0.25) is 9.59 Å². The standard InChI is InChI=1S/C24H29N3O3/c25-23(28)17-13-15-27(16-14-17)20-9-7-19(8-10-20)26-24(29)18-5-11-22(12-6-18)30-21-3-1-2-4-21/h5-12,17,21H,1-4,13-16H2,(H2,25,28)(H,26,29). The molecule has 1 saturated carbocycles. The van der Waals surface area contributed by atoms with Crippen molar-refractivity contribution in [2.24, 2.45) is 11.7 Å². The van der Waals surface area contributed by atoms with E-state index < -0.39 is 0 Å². The zero-order chi connectivity index (χ0) is 20.9. The molecule has 0 bridgehead atoms. The van der Waals surface area contributed by atoms with Crippen LogP contribution in [-0.2, 0) is 4.79 Å². The van der Waals surface area contributed by atoms with Gasteiger partial charge in [-0.25, -0.2) is 0 Å². The number of anilines is 2. The average molecular weight is 408 g/mol. The number of carbonyl (C=O) groups excluding carboxylic acids is 2. The Hall–Kier alpha value is -3.02. The number of benzene rings is 2. The fraction of sp³-hybridized carbons (Fsp3) is 0.417. The predicted molar refractivity (Wildman–Crippen MR) is 118 cm³/mol. The summed E-state index contributed by atoms with van der Waals surface area (Å²) in [5, 5.41) is 2.94. The van der Waals surface area contributed by atoms with Gasteiger partial charge in [0, 0.05) is 35.9 Å². The maximum Gasteiger partial charge on any atom is 0.255 e. The van der Waals surface area contributed by atoms with E-state index in [0.717, 1.165) is 55.9 Å². The van der Waals surface area contributed by atoms with E-state index in [0.29, 0.717) is 11.7 Å². The van der Waals surface area contributed by atoms with Crippen LogP contribution in [0.15, 0.2) is 48.5 Å². The van der Waals surface area contributed by atoms with Crippen molar-refractivity contribution in [2.75, 3.05) is 23.3 Å². The largest absolute Gasteiger partial charge is 0.490 e. The normalized spacial score (nSPS) is 17.7. The summed E-state index contributed by atoms with van der Waals surface area (Å²) in [5.41, 5.74) is 7.85. The highest BCUT2D eigenvalue weighted by atomic mass is 16.5. The molecule has 0 aromatic heterocycles. The summed E-state index contributed by atoms with van der Waals surface area (Å²) in [6.45, 7) is 1.63. The molecule has 158 valence electrons. The number of hydrogen-bond donors (Lipinski definition) is 2. The number of amides is 2. The Morgan fingerprint density at radius 3 is 2.13 bits per heavy atom. The first-order valence-electron chi connectivity index (χ1n) is 10.8. The molecule has 2 aliphatic rings. The van der Waals surface area contributed by atoms with Crippen molar-refractivity contribution in [3.63, 3.8) is 0 Å². The molecule has 4 rings (SSSR count). The van der Waals surface area contributed by atoms with E-state index >= 15 is 0 Å². The van der Waals surface area contributed by atoms with Gasteiger partial charge in [0.2, 0.25) is 5.91 Å². The first-order valence-corrected chi connectivity index (χ1v) is 10.8. The number of rotatable bonds is 6. The smallest absolute Gasteiger partial charge is 0.255 e. The van der Waals surface area contributed by atoms with Gasteiger partial charge in [0.25, 0.3) is 5.91 Å². The average Bonchev–Trinajstić information content (AvgIpc) is 3.28. The Bertz CT molecular complexity index is 866. The van der Waals surface area contributed by atoms with Gasteiger partial charge in [0.05, 0.1) is 6.10 Å². The van der Waals surface area contributed by atoms with Gasteiger partial charge >= 0.3 is 0 Å². The Balaban J connectivity index is 1.30. The second-order valence-electron chi connectivity index (χ2n) is 8.21. The molecular formula is C24H29N3O3. The van der Waals surface area contributed by atoms with Crippen LogP contribution in [-0.4, -0.2) is 31.0 Å². The minimum absolute atomic E-state index is 0.0187. The van der Waals surface area contributed by atoms with E-state index in [9.17, 15) is 9.59 Å². The van der Waals surface area contributed by atoms with Gasteiger partial charge in [0.1, 0.15) is 5.75 Å². The monoisotopic (exact) mass is 407 g/mol. The van der Waals surface area contributed by atoms with Crippen molar-refractivity contribution < 1.29 is 14.3 Å². The van der Waals surface area contributed by atoms with E-state index in [2.05, 4.69) is 10.2 Å². The zero-order valence-electron chi connectivity index (χ0n) is 17.2. The van der Waals surface area contributed by atoms with Crippen LogP contribution >= 0.6 is 0 Å². The lowest BCUT2D eigenvalue weighted by Gasteiger charge is -2.32. The Morgan fingerprint density at radius 2 is 1.53 bits per heavy atom. The SMILES string of the molecule is NC(=O)C1CCN(c2ccc(NC(=O)c3ccc(OC4CCCC4)cc3)cc2)CC1. The third-order valence-corrected chi connectivity index (χ3v) is 6.11. The molecule has 30 heavy (non-hydrogen) atoms. The number of nitrogens with two attached hydrogens (primary N) is 1. The van der Waals surface area contributed by atoms with Crippen molar-refractivity contribution in [2.45, 2.75) is 44.6 Å². The van der Waals surface area contributed by atoms with E-state index in [-0.39, 0.29) is 17.7 Å². The van der Waals surface area contributed by atoms with Crippen molar-refractivity contribution in [1.82, 2.24) is 0 Å². The molecule has 1 saturated heterocycles. The first kappa shape index (κ1) is 20.3. The Labute approximate surface area is 177 Å². The lowest BCUT2D eigenvalue weighted by Crippen LogP contribution is -2.38. The predicted octanol–water partition coefficient (Wildman–Crippen LogP) is 3.96. The molecule has 2 aromatic rings. The molecule has 2 aromatic carbocycles. The van der Waals surface area contributed by atoms with Crippen LogP contribution in [0.4, 0.5) is 11.4 Å². The fourth-order valence-electron chi connectivity index (χ4n) is 4.26. The molecule has 6 heteroatoms. The van der Waals surface area contributed by atoms with Crippen LogP contribution in [0.25, 0.3) is 0 Å². The van der Waals surface area contributed by atoms with Crippen molar-refractivity contribution in [1.29, 1.82) is 0 Å². The van der Waals surface area contributed by atoms with E-state index in [4.69, 9.17) is 10.5 Å². The number of nitrogens with one attached hydrogen (secondary N) is 1. The Morgan fingerprint density at radius 1 is 0.900 bits per heavy atom. The molecule has 0 unspecified atom stereocenters. The molecule has 2 amide bonds. The molecule has 1 heterocycles. The summed E-state index contributed by atoms with van der Waals surface area (Å²) < 4.78 is 5.96. The fourth-order valence-corrected chi connectivity index (χ4v) is 4.26. The van der Waals surface area contributed by atoms with Gasteiger partial charge in [-0.05, 0) is 87.1 Å². The summed E-state index contributed by atoms with van der Waals surface area (Å²) in [6, 6.07) is 15.2. The van der Waals surface area contributed by atoms with Gasteiger partial charge in [-0.2, -0.15) is 0 Å². The topological polar surface area (TPSA) is 84.7 Å². The summed E-state index contributed by atoms with van der Waals surface area (Å²) in [6.07, 6.45) is 6.57. The quantitative estimate of drug-likeness (QED) is 0.759. The van der Waals surface area contributed by atoms with Crippen LogP contribution in [0.5, 0.6) is 5.75 Å². The van der Waals surface area contributed by atoms with Crippen LogP contribution < -0.4 is 20.7 Å². The molecule has 2 fully saturated rings. The van der Waals surface area contributed by atoms with Gasteiger partial charge in [0.15, 0.2) is 0 Å².